The Morgan fingerprint density at radius 3 is 2.26 bits per heavy atom. The molecule has 2 aromatic carbocycles. The number of hydrogen-bond donors (Lipinski definition) is 2. The van der Waals surface area contributed by atoms with E-state index < -0.39 is 11.8 Å². The van der Waals surface area contributed by atoms with Gasteiger partial charge in [-0.1, -0.05) is 24.4 Å². The van der Waals surface area contributed by atoms with Crippen LogP contribution in [0.1, 0.15) is 36.0 Å². The molecule has 2 N–H and O–H groups in total. The van der Waals surface area contributed by atoms with E-state index in [9.17, 15) is 14.4 Å². The third kappa shape index (κ3) is 4.27. The van der Waals surface area contributed by atoms with Crippen molar-refractivity contribution in [3.05, 3.63) is 64.8 Å². The first-order chi connectivity index (χ1) is 15.0. The Kier molecular flexibility index (Phi) is 5.95. The second-order valence-electron chi connectivity index (χ2n) is 7.49. The number of imide groups is 1. The summed E-state index contributed by atoms with van der Waals surface area (Å²) in [6, 6.07) is 13.5. The van der Waals surface area contributed by atoms with Gasteiger partial charge in [-0.3, -0.25) is 14.4 Å². The highest BCUT2D eigenvalue weighted by atomic mass is 35.5. The van der Waals surface area contributed by atoms with E-state index >= 15 is 0 Å². The fraction of sp³-hybridized carbons (Fsp3) is 0.261. The Morgan fingerprint density at radius 1 is 1.00 bits per heavy atom. The predicted octanol–water partition coefficient (Wildman–Crippen LogP) is 3.80. The summed E-state index contributed by atoms with van der Waals surface area (Å²) in [6.07, 6.45) is 4.31. The van der Waals surface area contributed by atoms with Crippen LogP contribution in [-0.2, 0) is 9.59 Å². The zero-order valence-electron chi connectivity index (χ0n) is 17.0. The van der Waals surface area contributed by atoms with Crippen LogP contribution in [0.4, 0.5) is 11.4 Å². The van der Waals surface area contributed by atoms with Gasteiger partial charge in [-0.25, -0.2) is 4.90 Å². The van der Waals surface area contributed by atoms with Crippen LogP contribution in [0.5, 0.6) is 5.75 Å². The van der Waals surface area contributed by atoms with Crippen LogP contribution in [0.15, 0.2) is 59.3 Å². The Balaban J connectivity index is 1.46. The maximum Gasteiger partial charge on any atom is 0.283 e. The third-order valence-electron chi connectivity index (χ3n) is 5.46. The summed E-state index contributed by atoms with van der Waals surface area (Å²) in [5.74, 6) is -0.666. The van der Waals surface area contributed by atoms with Crippen molar-refractivity contribution in [3.8, 4) is 5.75 Å². The predicted molar refractivity (Wildman–Crippen MR) is 118 cm³/mol. The van der Waals surface area contributed by atoms with Crippen molar-refractivity contribution >= 4 is 40.7 Å². The van der Waals surface area contributed by atoms with Crippen LogP contribution >= 0.6 is 11.6 Å². The summed E-state index contributed by atoms with van der Waals surface area (Å²) in [5, 5.41) is 5.76. The molecule has 7 nitrogen and oxygen atoms in total. The summed E-state index contributed by atoms with van der Waals surface area (Å²) in [7, 11) is 1.53. The lowest BCUT2D eigenvalue weighted by atomic mass is 10.1. The number of nitrogens with one attached hydrogen (secondary N) is 2. The molecule has 1 aliphatic carbocycles. The highest BCUT2D eigenvalue weighted by molar-refractivity contribution is 6.53. The molecule has 0 spiro atoms. The van der Waals surface area contributed by atoms with Crippen LogP contribution in [-0.4, -0.2) is 30.9 Å². The van der Waals surface area contributed by atoms with Crippen LogP contribution in [0.25, 0.3) is 0 Å². The van der Waals surface area contributed by atoms with E-state index in [-0.39, 0.29) is 22.7 Å². The van der Waals surface area contributed by atoms with E-state index in [1.807, 2.05) is 0 Å². The van der Waals surface area contributed by atoms with Gasteiger partial charge < -0.3 is 15.4 Å². The highest BCUT2D eigenvalue weighted by Crippen LogP contribution is 2.31. The molecule has 4 rings (SSSR count). The van der Waals surface area contributed by atoms with E-state index in [4.69, 9.17) is 16.3 Å². The molecule has 3 amide bonds. The molecule has 0 aromatic heterocycles. The number of nitrogens with zero attached hydrogens (tertiary/aromatic N) is 1. The second-order valence-corrected chi connectivity index (χ2v) is 7.87. The molecule has 1 saturated carbocycles. The summed E-state index contributed by atoms with van der Waals surface area (Å²) >= 11 is 6.17. The lowest BCUT2D eigenvalue weighted by molar-refractivity contribution is -0.120. The number of ether oxygens (including phenoxy) is 1. The molecule has 31 heavy (non-hydrogen) atoms. The van der Waals surface area contributed by atoms with Crippen LogP contribution < -0.4 is 20.3 Å². The molecule has 160 valence electrons. The lowest BCUT2D eigenvalue weighted by Gasteiger charge is -2.15. The van der Waals surface area contributed by atoms with E-state index in [2.05, 4.69) is 10.6 Å². The average molecular weight is 440 g/mol. The number of hydrogen-bond acceptors (Lipinski definition) is 5. The topological polar surface area (TPSA) is 87.7 Å². The van der Waals surface area contributed by atoms with Crippen molar-refractivity contribution in [1.29, 1.82) is 0 Å². The SMILES string of the molecule is COc1ccc(N2C(=O)C(Cl)=C(Nc3ccc(C(=O)NC4CCCC4)cc3)C2=O)cc1. The molecule has 0 saturated heterocycles. The minimum Gasteiger partial charge on any atom is -0.497 e. The van der Waals surface area contributed by atoms with Crippen molar-refractivity contribution in [2.24, 2.45) is 0 Å². The molecule has 0 atom stereocenters. The minimum atomic E-state index is -0.605. The molecule has 1 aliphatic heterocycles. The molecule has 1 heterocycles. The molecule has 2 aromatic rings. The zero-order valence-corrected chi connectivity index (χ0v) is 17.7. The van der Waals surface area contributed by atoms with Crippen molar-refractivity contribution < 1.29 is 19.1 Å². The average Bonchev–Trinajstić information content (AvgIpc) is 3.37. The standard InChI is InChI=1S/C23H22ClN3O4/c1-31-18-12-10-17(11-13-18)27-22(29)19(24)20(23(27)30)25-16-8-6-14(7-9-16)21(28)26-15-4-2-3-5-15/h6-13,15,25H,2-5H2,1H3,(H,26,28). The number of carbonyl (C=O) groups excluding carboxylic acids is 3. The Morgan fingerprint density at radius 2 is 1.65 bits per heavy atom. The third-order valence-corrected chi connectivity index (χ3v) is 5.82. The number of anilines is 2. The van der Waals surface area contributed by atoms with E-state index in [0.717, 1.165) is 30.6 Å². The van der Waals surface area contributed by atoms with Gasteiger partial charge in [0, 0.05) is 17.3 Å². The molecule has 8 heteroatoms. The fourth-order valence-corrected chi connectivity index (χ4v) is 3.98. The number of methoxy groups -OCH3 is 1. The first-order valence-corrected chi connectivity index (χ1v) is 10.5. The van der Waals surface area contributed by atoms with Gasteiger partial charge in [0.25, 0.3) is 17.7 Å². The summed E-state index contributed by atoms with van der Waals surface area (Å²) < 4.78 is 5.10. The summed E-state index contributed by atoms with van der Waals surface area (Å²) in [5.41, 5.74) is 1.46. The van der Waals surface area contributed by atoms with E-state index in [1.54, 1.807) is 48.5 Å². The van der Waals surface area contributed by atoms with Crippen LogP contribution in [0, 0.1) is 0 Å². The fourth-order valence-electron chi connectivity index (χ4n) is 3.77. The van der Waals surface area contributed by atoms with E-state index in [1.165, 1.54) is 7.11 Å². The molecular weight excluding hydrogens is 418 g/mol. The monoisotopic (exact) mass is 439 g/mol. The maximum absolute atomic E-state index is 12.9. The van der Waals surface area contributed by atoms with Crippen molar-refractivity contribution in [3.63, 3.8) is 0 Å². The highest BCUT2D eigenvalue weighted by Gasteiger charge is 2.39. The Labute approximate surface area is 185 Å². The Bertz CT molecular complexity index is 1040. The van der Waals surface area contributed by atoms with Gasteiger partial charge in [-0.05, 0) is 61.4 Å². The largest absolute Gasteiger partial charge is 0.497 e. The van der Waals surface area contributed by atoms with Gasteiger partial charge in [0.15, 0.2) is 0 Å². The zero-order chi connectivity index (χ0) is 22.0. The smallest absolute Gasteiger partial charge is 0.283 e. The lowest BCUT2D eigenvalue weighted by Crippen LogP contribution is -2.32. The summed E-state index contributed by atoms with van der Waals surface area (Å²) in [4.78, 5) is 38.8. The molecule has 0 bridgehead atoms. The maximum atomic E-state index is 12.9. The molecular formula is C23H22ClN3O4. The second kappa shape index (κ2) is 8.81. The van der Waals surface area contributed by atoms with Gasteiger partial charge >= 0.3 is 0 Å². The quantitative estimate of drug-likeness (QED) is 0.668. The number of benzene rings is 2. The van der Waals surface area contributed by atoms with Gasteiger partial charge in [0.2, 0.25) is 0 Å². The minimum absolute atomic E-state index is 0.00866. The number of amides is 3. The van der Waals surface area contributed by atoms with Gasteiger partial charge in [-0.2, -0.15) is 0 Å². The van der Waals surface area contributed by atoms with Crippen molar-refractivity contribution in [2.75, 3.05) is 17.3 Å². The van der Waals surface area contributed by atoms with Crippen molar-refractivity contribution in [1.82, 2.24) is 5.32 Å². The first kappa shape index (κ1) is 20.9. The van der Waals surface area contributed by atoms with Crippen LogP contribution in [0.2, 0.25) is 0 Å². The van der Waals surface area contributed by atoms with Gasteiger partial charge in [-0.15, -0.1) is 0 Å². The van der Waals surface area contributed by atoms with Gasteiger partial charge in [0.1, 0.15) is 16.5 Å². The Hall–Kier alpha value is -3.32. The molecule has 2 aliphatic rings. The molecule has 0 radical (unpaired) electrons. The van der Waals surface area contributed by atoms with Crippen LogP contribution in [0.3, 0.4) is 0 Å². The number of halogens is 1. The first-order valence-electron chi connectivity index (χ1n) is 10.1. The normalized spacial score (nSPS) is 16.8. The number of carbonyl (C=O) groups is 3. The van der Waals surface area contributed by atoms with Crippen molar-refractivity contribution in [2.45, 2.75) is 31.7 Å². The van der Waals surface area contributed by atoms with E-state index in [0.29, 0.717) is 22.7 Å². The molecule has 0 unspecified atom stereocenters. The molecule has 1 fully saturated rings. The van der Waals surface area contributed by atoms with Gasteiger partial charge in [0.05, 0.1) is 12.8 Å². The number of rotatable bonds is 6. The summed E-state index contributed by atoms with van der Waals surface area (Å²) in [6.45, 7) is 0.